The van der Waals surface area contributed by atoms with Crippen LogP contribution < -0.4 is 0 Å². The quantitative estimate of drug-likeness (QED) is 0.158. The fraction of sp³-hybridized carbons (Fsp3) is 0. The summed E-state index contributed by atoms with van der Waals surface area (Å²) in [6.45, 7) is 0. The van der Waals surface area contributed by atoms with Crippen molar-refractivity contribution in [2.45, 2.75) is 0 Å². The second-order valence-electron chi connectivity index (χ2n) is 15.4. The smallest absolute Gasteiger partial charge is 0.131 e. The van der Waals surface area contributed by atoms with E-state index in [4.69, 9.17) is 12.8 Å². The monoisotopic (exact) mass is 786 g/mol. The number of rotatable bonds is 4. The minimum Gasteiger partial charge on any atom is -0.300 e. The molecule has 0 aliphatic rings. The van der Waals surface area contributed by atoms with Gasteiger partial charge in [0.2, 0.25) is 0 Å². The maximum atomic E-state index is 6.82. The molecule has 8 aromatic carbocycles. The Balaban J connectivity index is 1.29. The van der Waals surface area contributed by atoms with Crippen LogP contribution in [0.2, 0.25) is 0 Å². The summed E-state index contributed by atoms with van der Waals surface area (Å²) in [5.41, 5.74) is 10.5. The second-order valence-corrected chi connectivity index (χ2v) is 15.4. The molecule has 0 bridgehead atoms. The number of nitrogens with zero attached hydrogens (tertiary/aromatic N) is 4. The number of hydrogen-bond acceptors (Lipinski definition) is 0. The molecule has 0 atom stereocenters. The third-order valence-corrected chi connectivity index (χ3v) is 12.2. The molecular weight excluding hydrogens is 753 g/mol. The molecule has 4 heteroatoms. The van der Waals surface area contributed by atoms with Crippen LogP contribution in [-0.4, -0.2) is 18.3 Å². The highest BCUT2D eigenvalue weighted by Gasteiger charge is 2.23. The van der Waals surface area contributed by atoms with Gasteiger partial charge in [-0.1, -0.05) is 146 Å². The summed E-state index contributed by atoms with van der Waals surface area (Å²) in [5, 5.41) is 8.86. The Hall–Kier alpha value is -8.88. The Morgan fingerprint density at radius 2 is 0.403 bits per heavy atom. The van der Waals surface area contributed by atoms with E-state index < -0.39 is 0 Å². The van der Waals surface area contributed by atoms with E-state index in [1.54, 1.807) is 0 Å². The van der Waals surface area contributed by atoms with Crippen molar-refractivity contribution >= 4 is 110 Å². The zero-order chi connectivity index (χ0) is 41.3. The first-order valence-corrected chi connectivity index (χ1v) is 20.6. The first-order chi connectivity index (χ1) is 30.7. The summed E-state index contributed by atoms with van der Waals surface area (Å²) < 4.78 is 8.85. The van der Waals surface area contributed by atoms with E-state index in [-0.39, 0.29) is 0 Å². The highest BCUT2D eigenvalue weighted by atomic mass is 15.1. The summed E-state index contributed by atoms with van der Waals surface area (Å²) in [6, 6.07) is 67.5. The number of aromatic nitrogens is 4. The first-order valence-electron chi connectivity index (χ1n) is 20.6. The van der Waals surface area contributed by atoms with Gasteiger partial charge in [0.05, 0.1) is 44.1 Å². The van der Waals surface area contributed by atoms with Gasteiger partial charge >= 0.3 is 0 Å². The highest BCUT2D eigenvalue weighted by Crippen LogP contribution is 2.40. The molecule has 0 spiro atoms. The van der Waals surface area contributed by atoms with Crippen molar-refractivity contribution in [3.63, 3.8) is 0 Å². The number of allylic oxidation sites excluding steroid dienone is 4. The molecule has 4 nitrogen and oxygen atoms in total. The van der Waals surface area contributed by atoms with Gasteiger partial charge in [0, 0.05) is 43.1 Å². The lowest BCUT2D eigenvalue weighted by molar-refractivity contribution is 1.18. The normalized spacial score (nSPS) is 12.5. The minimum atomic E-state index is 0.613. The largest absolute Gasteiger partial charge is 0.300 e. The van der Waals surface area contributed by atoms with Gasteiger partial charge in [0.1, 0.15) is 22.8 Å². The first kappa shape index (κ1) is 35.1. The van der Waals surface area contributed by atoms with Crippen LogP contribution in [0.25, 0.3) is 110 Å². The van der Waals surface area contributed by atoms with Gasteiger partial charge in [-0.2, -0.15) is 0 Å². The SMILES string of the molecule is C#C/C(=C(/C#C/C(=C(/C#C)n1c2ccccc2c2ccccc21)n1c2ccccc2c2ccccc21)n1c2ccccc2c2ccccc21)n1c2ccccc2c2ccccc21. The van der Waals surface area contributed by atoms with E-state index in [9.17, 15) is 0 Å². The van der Waals surface area contributed by atoms with Crippen molar-refractivity contribution in [1.82, 2.24) is 18.3 Å². The average Bonchev–Trinajstić information content (AvgIpc) is 4.06. The Kier molecular flexibility index (Phi) is 7.85. The van der Waals surface area contributed by atoms with Gasteiger partial charge in [0.25, 0.3) is 0 Å². The number of fused-ring (bicyclic) bond motifs is 12. The predicted molar refractivity (Wildman–Crippen MR) is 262 cm³/mol. The van der Waals surface area contributed by atoms with E-state index in [1.807, 2.05) is 0 Å². The topological polar surface area (TPSA) is 19.7 Å². The van der Waals surface area contributed by atoms with E-state index in [0.717, 1.165) is 87.2 Å². The van der Waals surface area contributed by atoms with Crippen molar-refractivity contribution in [3.8, 4) is 36.5 Å². The van der Waals surface area contributed by atoms with E-state index >= 15 is 0 Å². The van der Waals surface area contributed by atoms with Crippen molar-refractivity contribution in [2.75, 3.05) is 0 Å². The second kappa shape index (κ2) is 13.9. The third kappa shape index (κ3) is 5.01. The Morgan fingerprint density at radius 1 is 0.242 bits per heavy atom. The molecule has 0 unspecified atom stereocenters. The Bertz CT molecular complexity index is 3590. The van der Waals surface area contributed by atoms with Crippen LogP contribution in [0.4, 0.5) is 0 Å². The molecule has 0 saturated heterocycles. The van der Waals surface area contributed by atoms with Crippen molar-refractivity contribution < 1.29 is 0 Å². The minimum absolute atomic E-state index is 0.613. The number of para-hydroxylation sites is 8. The molecular formula is C58H34N4. The zero-order valence-corrected chi connectivity index (χ0v) is 33.4. The number of terminal acetylenes is 2. The van der Waals surface area contributed by atoms with Crippen LogP contribution in [0.3, 0.4) is 0 Å². The molecule has 0 saturated carbocycles. The average molecular weight is 787 g/mol. The molecule has 4 aromatic heterocycles. The van der Waals surface area contributed by atoms with Crippen LogP contribution in [0.15, 0.2) is 194 Å². The Labute approximate surface area is 357 Å². The predicted octanol–water partition coefficient (Wildman–Crippen LogP) is 13.7. The molecule has 0 aliphatic carbocycles. The highest BCUT2D eigenvalue weighted by molar-refractivity contribution is 6.18. The summed E-state index contributed by atoms with van der Waals surface area (Å²) in [4.78, 5) is 0. The molecule has 62 heavy (non-hydrogen) atoms. The lowest BCUT2D eigenvalue weighted by Gasteiger charge is -2.16. The van der Waals surface area contributed by atoms with Crippen molar-refractivity contribution in [3.05, 3.63) is 194 Å². The maximum absolute atomic E-state index is 6.82. The molecule has 0 fully saturated rings. The zero-order valence-electron chi connectivity index (χ0n) is 33.4. The van der Waals surface area contributed by atoms with E-state index in [2.05, 4.69) is 236 Å². The van der Waals surface area contributed by atoms with Crippen LogP contribution in [-0.2, 0) is 0 Å². The Morgan fingerprint density at radius 3 is 0.581 bits per heavy atom. The molecule has 0 N–H and O–H groups in total. The molecule has 12 rings (SSSR count). The molecule has 286 valence electrons. The van der Waals surface area contributed by atoms with Gasteiger partial charge in [0.15, 0.2) is 0 Å². The summed E-state index contributed by atoms with van der Waals surface area (Å²) >= 11 is 0. The number of benzene rings is 8. The van der Waals surface area contributed by atoms with Gasteiger partial charge < -0.3 is 0 Å². The molecule has 0 radical (unpaired) electrons. The summed E-state index contributed by atoms with van der Waals surface area (Å²) in [5.74, 6) is 14.0. The fourth-order valence-corrected chi connectivity index (χ4v) is 9.69. The molecule has 0 amide bonds. The van der Waals surface area contributed by atoms with Crippen LogP contribution in [0.5, 0.6) is 0 Å². The molecule has 4 heterocycles. The van der Waals surface area contributed by atoms with Crippen LogP contribution in [0, 0.1) is 36.5 Å². The third-order valence-electron chi connectivity index (χ3n) is 12.2. The van der Waals surface area contributed by atoms with Crippen molar-refractivity contribution in [1.29, 1.82) is 0 Å². The fourth-order valence-electron chi connectivity index (χ4n) is 9.69. The maximum Gasteiger partial charge on any atom is 0.131 e. The summed E-state index contributed by atoms with van der Waals surface area (Å²) in [6.07, 6.45) is 13.6. The van der Waals surface area contributed by atoms with Crippen LogP contribution in [0.1, 0.15) is 0 Å². The standard InChI is InChI=1S/C58H34N4/c1-3-47(59-49-29-13-5-21-39(49)40-22-6-14-30-50(40)59)57(61-53-33-17-9-25-43(53)44-26-10-18-34-54(44)61)37-38-58(62-55-35-19-11-27-45(55)46-28-12-20-36-56(46)62)48(4-2)60-51-31-15-7-23-41(51)42-24-8-16-32-52(42)60/h1-2,5-36H/b57-47+,58-48+. The van der Waals surface area contributed by atoms with Gasteiger partial charge in [-0.25, -0.2) is 0 Å². The number of hydrogen-bond donors (Lipinski definition) is 0. The van der Waals surface area contributed by atoms with E-state index in [0.29, 0.717) is 22.8 Å². The van der Waals surface area contributed by atoms with Gasteiger partial charge in [-0.15, -0.1) is 12.8 Å². The van der Waals surface area contributed by atoms with Crippen molar-refractivity contribution in [2.24, 2.45) is 0 Å². The van der Waals surface area contributed by atoms with E-state index in [1.165, 1.54) is 0 Å². The van der Waals surface area contributed by atoms with Gasteiger partial charge in [-0.05, 0) is 72.2 Å². The summed E-state index contributed by atoms with van der Waals surface area (Å²) in [7, 11) is 0. The molecule has 12 aromatic rings. The van der Waals surface area contributed by atoms with Gasteiger partial charge in [-0.3, -0.25) is 18.3 Å². The molecule has 0 aliphatic heterocycles. The lowest BCUT2D eigenvalue weighted by Crippen LogP contribution is -2.06. The lowest BCUT2D eigenvalue weighted by atomic mass is 10.2. The van der Waals surface area contributed by atoms with Crippen LogP contribution >= 0.6 is 0 Å².